The number of amides is 1. The number of likely N-dealkylation sites (N-methyl/N-ethyl adjacent to an activating group) is 1. The molecule has 0 spiro atoms. The number of nitriles is 1. The molecule has 3 aromatic rings. The molecule has 3 atom stereocenters. The first-order chi connectivity index (χ1) is 20.8. The van der Waals surface area contributed by atoms with Gasteiger partial charge in [0, 0.05) is 48.9 Å². The minimum atomic E-state index is -2.14. The fraction of sp³-hybridized carbons (Fsp3) is 0.484. The van der Waals surface area contributed by atoms with Crippen LogP contribution in [0.5, 0.6) is 6.01 Å². The quantitative estimate of drug-likeness (QED) is 0.347. The number of hydrogen-bond acceptors (Lipinski definition) is 8. The number of anilines is 2. The topological polar surface area (TPSA) is 88.8 Å². The van der Waals surface area contributed by atoms with Gasteiger partial charge < -0.3 is 24.3 Å². The summed E-state index contributed by atoms with van der Waals surface area (Å²) < 4.78 is 20.0. The summed E-state index contributed by atoms with van der Waals surface area (Å²) in [5.74, 6) is -0.0616. The van der Waals surface area contributed by atoms with Crippen LogP contribution in [0.2, 0.25) is 5.02 Å². The van der Waals surface area contributed by atoms with Crippen LogP contribution in [-0.4, -0.2) is 89.8 Å². The molecule has 43 heavy (non-hydrogen) atoms. The van der Waals surface area contributed by atoms with Gasteiger partial charge in [-0.3, -0.25) is 4.79 Å². The largest absolute Gasteiger partial charge is 0.462 e. The van der Waals surface area contributed by atoms with E-state index in [2.05, 4.69) is 46.0 Å². The van der Waals surface area contributed by atoms with E-state index in [1.165, 1.54) is 4.90 Å². The molecule has 0 saturated carbocycles. The molecule has 0 unspecified atom stereocenters. The Labute approximate surface area is 260 Å². The van der Waals surface area contributed by atoms with Crippen LogP contribution >= 0.6 is 23.2 Å². The number of nitrogens with zero attached hydrogens (tertiary/aromatic N) is 7. The van der Waals surface area contributed by atoms with Crippen LogP contribution in [0.3, 0.4) is 0 Å². The first-order valence-corrected chi connectivity index (χ1v) is 15.5. The lowest BCUT2D eigenvalue weighted by Gasteiger charge is -2.42. The average Bonchev–Trinajstić information content (AvgIpc) is 3.43. The molecule has 4 heterocycles. The van der Waals surface area contributed by atoms with Crippen LogP contribution in [0.15, 0.2) is 36.4 Å². The maximum Gasteiger partial charge on any atom is 0.318 e. The second kappa shape index (κ2) is 12.7. The number of piperazine rings is 1. The van der Waals surface area contributed by atoms with Crippen molar-refractivity contribution >= 4 is 51.4 Å². The predicted octanol–water partition coefficient (Wildman–Crippen LogP) is 4.78. The molecule has 3 aliphatic rings. The van der Waals surface area contributed by atoms with Crippen molar-refractivity contribution in [3.63, 3.8) is 0 Å². The van der Waals surface area contributed by atoms with Gasteiger partial charge in [0.05, 0.1) is 35.8 Å². The summed E-state index contributed by atoms with van der Waals surface area (Å²) in [6.45, 7) is 3.80. The third kappa shape index (κ3) is 6.03. The van der Waals surface area contributed by atoms with Crippen molar-refractivity contribution in [2.45, 2.75) is 49.9 Å². The van der Waals surface area contributed by atoms with Gasteiger partial charge in [0.25, 0.3) is 11.5 Å². The second-order valence-corrected chi connectivity index (χ2v) is 12.2. The molecular weight excluding hydrogens is 592 g/mol. The van der Waals surface area contributed by atoms with Gasteiger partial charge in [-0.15, -0.1) is 0 Å². The van der Waals surface area contributed by atoms with Crippen molar-refractivity contribution in [3.05, 3.63) is 52.7 Å². The summed E-state index contributed by atoms with van der Waals surface area (Å²) >= 11 is 12.2. The van der Waals surface area contributed by atoms with Gasteiger partial charge in [-0.05, 0) is 50.4 Å². The number of likely N-dealkylation sites (tertiary alicyclic amines) is 1. The zero-order chi connectivity index (χ0) is 30.1. The first-order valence-electron chi connectivity index (χ1n) is 14.7. The number of rotatable bonds is 7. The highest BCUT2D eigenvalue weighted by Crippen LogP contribution is 2.37. The first kappa shape index (κ1) is 29.7. The number of benzene rings is 2. The minimum absolute atomic E-state index is 0.0616. The molecule has 2 fully saturated rings. The number of hydrogen-bond donors (Lipinski definition) is 0. The lowest BCUT2D eigenvalue weighted by molar-refractivity contribution is -0.136. The van der Waals surface area contributed by atoms with Gasteiger partial charge in [-0.25, -0.2) is 4.39 Å². The maximum atomic E-state index is 13.8. The Balaban J connectivity index is 1.33. The van der Waals surface area contributed by atoms with Crippen LogP contribution in [0.1, 0.15) is 30.5 Å². The predicted molar refractivity (Wildman–Crippen MR) is 166 cm³/mol. The molecule has 0 bridgehead atoms. The van der Waals surface area contributed by atoms with Crippen LogP contribution in [-0.2, 0) is 17.8 Å². The number of alkyl halides is 2. The Hall–Kier alpha value is -3.39. The molecular formula is C31H34Cl2FN7O2. The molecule has 0 N–H and O–H groups in total. The zero-order valence-corrected chi connectivity index (χ0v) is 25.6. The van der Waals surface area contributed by atoms with E-state index in [9.17, 15) is 14.4 Å². The van der Waals surface area contributed by atoms with Gasteiger partial charge in [-0.1, -0.05) is 47.5 Å². The number of carbonyl (C=O) groups excluding carboxylic acids is 1. The monoisotopic (exact) mass is 625 g/mol. The lowest BCUT2D eigenvalue weighted by Crippen LogP contribution is -2.57. The smallest absolute Gasteiger partial charge is 0.318 e. The summed E-state index contributed by atoms with van der Waals surface area (Å²) in [6.07, 6.45) is 2.94. The van der Waals surface area contributed by atoms with E-state index in [4.69, 9.17) is 37.9 Å². The minimum Gasteiger partial charge on any atom is -0.462 e. The fourth-order valence-corrected chi connectivity index (χ4v) is 6.97. The molecule has 1 aromatic heterocycles. The van der Waals surface area contributed by atoms with Crippen molar-refractivity contribution in [2.24, 2.45) is 0 Å². The summed E-state index contributed by atoms with van der Waals surface area (Å²) in [5, 5.41) is 12.3. The highest BCUT2D eigenvalue weighted by Gasteiger charge is 2.36. The van der Waals surface area contributed by atoms with E-state index in [1.54, 1.807) is 0 Å². The van der Waals surface area contributed by atoms with E-state index >= 15 is 0 Å². The fourth-order valence-electron chi connectivity index (χ4n) is 6.56. The van der Waals surface area contributed by atoms with Gasteiger partial charge in [0.2, 0.25) is 0 Å². The van der Waals surface area contributed by atoms with Gasteiger partial charge >= 0.3 is 6.01 Å². The summed E-state index contributed by atoms with van der Waals surface area (Å²) in [4.78, 5) is 30.3. The summed E-state index contributed by atoms with van der Waals surface area (Å²) in [6, 6.07) is 14.4. The summed E-state index contributed by atoms with van der Waals surface area (Å²) in [7, 11) is 2.10. The van der Waals surface area contributed by atoms with Crippen LogP contribution in [0, 0.1) is 11.3 Å². The Morgan fingerprint density at radius 1 is 1.14 bits per heavy atom. The van der Waals surface area contributed by atoms with E-state index in [0.717, 1.165) is 59.5 Å². The van der Waals surface area contributed by atoms with Crippen LogP contribution in [0.25, 0.3) is 10.8 Å². The molecule has 6 rings (SSSR count). The molecule has 1 amide bonds. The Morgan fingerprint density at radius 2 is 1.95 bits per heavy atom. The average molecular weight is 627 g/mol. The van der Waals surface area contributed by atoms with Gasteiger partial charge in [0.1, 0.15) is 12.4 Å². The van der Waals surface area contributed by atoms with E-state index in [-0.39, 0.29) is 13.0 Å². The normalized spacial score (nSPS) is 21.5. The highest BCUT2D eigenvalue weighted by atomic mass is 35.5. The molecule has 0 aliphatic carbocycles. The molecule has 2 aromatic carbocycles. The number of fused-ring (bicyclic) bond motifs is 2. The van der Waals surface area contributed by atoms with Gasteiger partial charge in [-0.2, -0.15) is 15.2 Å². The lowest BCUT2D eigenvalue weighted by atomic mass is 10.0. The van der Waals surface area contributed by atoms with Crippen molar-refractivity contribution in [2.75, 3.05) is 56.2 Å². The third-order valence-electron chi connectivity index (χ3n) is 8.85. The number of carbonyl (C=O) groups is 1. The van der Waals surface area contributed by atoms with Gasteiger partial charge in [0.15, 0.2) is 0 Å². The van der Waals surface area contributed by atoms with Crippen molar-refractivity contribution < 1.29 is 13.9 Å². The standard InChI is InChI=1S/C31H34Cl2FN7O2/c1-38-13-4-7-22(38)19-43-31-36-25-18-39(26-9-3-6-20-5-2-8-24(32)27(20)26)14-11-23(25)29(37-31)40-15-16-41(30(42)28(33)34)21(17-40)10-12-35/h2-3,5-6,8-9,21-22,28H,4,7,10-11,13-19H2,1H3/t21-,22-,28+/m0/s1. The van der Waals surface area contributed by atoms with Crippen LogP contribution in [0.4, 0.5) is 15.9 Å². The van der Waals surface area contributed by atoms with Crippen LogP contribution < -0.4 is 14.5 Å². The third-order valence-corrected chi connectivity index (χ3v) is 9.35. The molecule has 226 valence electrons. The Kier molecular flexibility index (Phi) is 8.75. The molecule has 2 saturated heterocycles. The van der Waals surface area contributed by atoms with E-state index in [1.807, 2.05) is 18.2 Å². The SMILES string of the molecule is CN1CCC[C@H]1COc1nc2c(c(N3CCN(C(=O)[C@@H](F)Cl)[C@@H](CC#N)C3)n1)CCN(c1cccc3cccc(Cl)c13)C2. The molecule has 3 aliphatic heterocycles. The van der Waals surface area contributed by atoms with Crippen molar-refractivity contribution in [3.8, 4) is 12.1 Å². The molecule has 9 nitrogen and oxygen atoms in total. The highest BCUT2D eigenvalue weighted by molar-refractivity contribution is 6.36. The van der Waals surface area contributed by atoms with E-state index < -0.39 is 17.6 Å². The second-order valence-electron chi connectivity index (χ2n) is 11.4. The number of ether oxygens (including phenoxy) is 1. The Bertz CT molecular complexity index is 1550. The molecule has 12 heteroatoms. The van der Waals surface area contributed by atoms with E-state index in [0.29, 0.717) is 49.7 Å². The number of aromatic nitrogens is 2. The molecule has 0 radical (unpaired) electrons. The van der Waals surface area contributed by atoms with Crippen molar-refractivity contribution in [1.29, 1.82) is 5.26 Å². The Morgan fingerprint density at radius 3 is 2.70 bits per heavy atom. The summed E-state index contributed by atoms with van der Waals surface area (Å²) in [5.41, 5.74) is 0.799. The van der Waals surface area contributed by atoms with Crippen molar-refractivity contribution in [1.82, 2.24) is 19.8 Å². The zero-order valence-electron chi connectivity index (χ0n) is 24.1. The maximum absolute atomic E-state index is 13.8. The number of halogens is 3.